The lowest BCUT2D eigenvalue weighted by atomic mass is 10.1. The largest absolute Gasteiger partial charge is 0.310 e. The number of aromatic nitrogens is 3. The minimum Gasteiger partial charge on any atom is -0.310 e. The molecule has 0 spiro atoms. The van der Waals surface area contributed by atoms with E-state index < -0.39 is 11.6 Å². The van der Waals surface area contributed by atoms with Gasteiger partial charge in [-0.05, 0) is 32.0 Å². The van der Waals surface area contributed by atoms with Gasteiger partial charge in [-0.2, -0.15) is 5.10 Å². The number of nitrogens with one attached hydrogen (secondary N) is 2. The molecular formula is C13H16F2N4. The van der Waals surface area contributed by atoms with Crippen LogP contribution in [-0.2, 0) is 6.42 Å². The van der Waals surface area contributed by atoms with Crippen LogP contribution in [0.15, 0.2) is 24.5 Å². The van der Waals surface area contributed by atoms with Crippen molar-refractivity contribution in [2.45, 2.75) is 25.8 Å². The Morgan fingerprint density at radius 3 is 2.68 bits per heavy atom. The standard InChI is InChI=1S/C13H16F2N4/c1-9(13-10(14)4-2-5-11(13)15)16-7-3-6-12-17-8-18-19-12/h2,4-5,8-9,16H,3,6-7H2,1H3,(H,17,18,19). The van der Waals surface area contributed by atoms with E-state index in [0.29, 0.717) is 6.54 Å². The first kappa shape index (κ1) is 13.6. The van der Waals surface area contributed by atoms with Gasteiger partial charge in [-0.15, -0.1) is 0 Å². The first-order valence-corrected chi connectivity index (χ1v) is 6.20. The fourth-order valence-corrected chi connectivity index (χ4v) is 1.95. The van der Waals surface area contributed by atoms with E-state index in [9.17, 15) is 8.78 Å². The fourth-order valence-electron chi connectivity index (χ4n) is 1.95. The van der Waals surface area contributed by atoms with Crippen LogP contribution in [0.2, 0.25) is 0 Å². The number of halogens is 2. The summed E-state index contributed by atoms with van der Waals surface area (Å²) in [5, 5.41) is 9.62. The molecule has 19 heavy (non-hydrogen) atoms. The van der Waals surface area contributed by atoms with Crippen molar-refractivity contribution >= 4 is 0 Å². The van der Waals surface area contributed by atoms with Gasteiger partial charge in [0.15, 0.2) is 0 Å². The van der Waals surface area contributed by atoms with Gasteiger partial charge in [-0.1, -0.05) is 6.07 Å². The van der Waals surface area contributed by atoms with E-state index >= 15 is 0 Å². The van der Waals surface area contributed by atoms with Crippen molar-refractivity contribution in [1.29, 1.82) is 0 Å². The number of nitrogens with zero attached hydrogens (tertiary/aromatic N) is 2. The van der Waals surface area contributed by atoms with Crippen LogP contribution in [-0.4, -0.2) is 21.7 Å². The minimum atomic E-state index is -0.518. The zero-order valence-corrected chi connectivity index (χ0v) is 10.7. The van der Waals surface area contributed by atoms with Gasteiger partial charge in [0.05, 0.1) is 0 Å². The Morgan fingerprint density at radius 2 is 2.05 bits per heavy atom. The van der Waals surface area contributed by atoms with Crippen molar-refractivity contribution in [3.63, 3.8) is 0 Å². The summed E-state index contributed by atoms with van der Waals surface area (Å²) in [4.78, 5) is 4.00. The van der Waals surface area contributed by atoms with E-state index in [1.165, 1.54) is 24.5 Å². The molecule has 0 aliphatic rings. The summed E-state index contributed by atoms with van der Waals surface area (Å²) in [6.45, 7) is 2.39. The second-order valence-electron chi connectivity index (χ2n) is 4.35. The van der Waals surface area contributed by atoms with Gasteiger partial charge in [0.25, 0.3) is 0 Å². The summed E-state index contributed by atoms with van der Waals surface area (Å²) in [6.07, 6.45) is 3.02. The smallest absolute Gasteiger partial charge is 0.137 e. The molecule has 1 unspecified atom stereocenters. The van der Waals surface area contributed by atoms with Crippen LogP contribution in [0.5, 0.6) is 0 Å². The van der Waals surface area contributed by atoms with Crippen LogP contribution in [0.1, 0.15) is 30.8 Å². The molecule has 2 rings (SSSR count). The molecule has 1 aromatic heterocycles. The maximum atomic E-state index is 13.5. The van der Waals surface area contributed by atoms with Crippen LogP contribution in [0.3, 0.4) is 0 Å². The Balaban J connectivity index is 1.82. The van der Waals surface area contributed by atoms with E-state index in [0.717, 1.165) is 18.7 Å². The molecule has 2 aromatic rings. The van der Waals surface area contributed by atoms with Gasteiger partial charge in [-0.25, -0.2) is 13.8 Å². The molecule has 0 amide bonds. The molecule has 4 nitrogen and oxygen atoms in total. The zero-order chi connectivity index (χ0) is 13.7. The van der Waals surface area contributed by atoms with Crippen molar-refractivity contribution in [2.24, 2.45) is 0 Å². The number of hydrogen-bond acceptors (Lipinski definition) is 3. The highest BCUT2D eigenvalue weighted by molar-refractivity contribution is 5.22. The SMILES string of the molecule is CC(NCCCc1ncn[nH]1)c1c(F)cccc1F. The lowest BCUT2D eigenvalue weighted by molar-refractivity contribution is 0.483. The maximum Gasteiger partial charge on any atom is 0.137 e. The van der Waals surface area contributed by atoms with Crippen LogP contribution in [0.25, 0.3) is 0 Å². The number of rotatable bonds is 6. The molecule has 0 fully saturated rings. The highest BCUT2D eigenvalue weighted by Gasteiger charge is 2.14. The predicted molar refractivity (Wildman–Crippen MR) is 67.5 cm³/mol. The average molecular weight is 266 g/mol. The highest BCUT2D eigenvalue weighted by atomic mass is 19.1. The number of H-pyrrole nitrogens is 1. The molecule has 0 aliphatic carbocycles. The van der Waals surface area contributed by atoms with E-state index in [-0.39, 0.29) is 11.6 Å². The van der Waals surface area contributed by atoms with E-state index in [4.69, 9.17) is 0 Å². The van der Waals surface area contributed by atoms with Gasteiger partial charge in [0, 0.05) is 18.0 Å². The Bertz CT molecular complexity index is 493. The molecule has 1 atom stereocenters. The molecule has 6 heteroatoms. The third-order valence-corrected chi connectivity index (χ3v) is 2.94. The first-order valence-electron chi connectivity index (χ1n) is 6.20. The summed E-state index contributed by atoms with van der Waals surface area (Å²) in [7, 11) is 0. The highest BCUT2D eigenvalue weighted by Crippen LogP contribution is 2.20. The van der Waals surface area contributed by atoms with Crippen molar-refractivity contribution in [2.75, 3.05) is 6.54 Å². The average Bonchev–Trinajstić information content (AvgIpc) is 2.87. The zero-order valence-electron chi connectivity index (χ0n) is 10.7. The van der Waals surface area contributed by atoms with Crippen LogP contribution >= 0.6 is 0 Å². The topological polar surface area (TPSA) is 53.6 Å². The Labute approximate surface area is 110 Å². The van der Waals surface area contributed by atoms with E-state index in [1.54, 1.807) is 6.92 Å². The van der Waals surface area contributed by atoms with E-state index in [1.807, 2.05) is 0 Å². The van der Waals surface area contributed by atoms with Gasteiger partial charge >= 0.3 is 0 Å². The van der Waals surface area contributed by atoms with Crippen LogP contribution < -0.4 is 5.32 Å². The maximum absolute atomic E-state index is 13.5. The molecule has 1 heterocycles. The molecule has 0 saturated heterocycles. The van der Waals surface area contributed by atoms with Gasteiger partial charge in [-0.3, -0.25) is 5.10 Å². The minimum absolute atomic E-state index is 0.0853. The van der Waals surface area contributed by atoms with Gasteiger partial charge in [0.1, 0.15) is 23.8 Å². The molecule has 102 valence electrons. The molecule has 0 saturated carbocycles. The summed E-state index contributed by atoms with van der Waals surface area (Å²) >= 11 is 0. The van der Waals surface area contributed by atoms with Crippen LogP contribution in [0.4, 0.5) is 8.78 Å². The second kappa shape index (κ2) is 6.38. The van der Waals surface area contributed by atoms with Crippen LogP contribution in [0, 0.1) is 11.6 Å². The fraction of sp³-hybridized carbons (Fsp3) is 0.385. The Hall–Kier alpha value is -1.82. The van der Waals surface area contributed by atoms with Crippen molar-refractivity contribution in [1.82, 2.24) is 20.5 Å². The number of hydrogen-bond donors (Lipinski definition) is 2. The predicted octanol–water partition coefficient (Wildman–Crippen LogP) is 2.37. The normalized spacial score (nSPS) is 12.6. The molecule has 1 aromatic carbocycles. The summed E-state index contributed by atoms with van der Waals surface area (Å²) in [6, 6.07) is 3.54. The Kier molecular flexibility index (Phi) is 4.57. The molecule has 2 N–H and O–H groups in total. The lowest BCUT2D eigenvalue weighted by Gasteiger charge is -2.15. The third-order valence-electron chi connectivity index (χ3n) is 2.94. The number of aryl methyl sites for hydroxylation is 1. The summed E-state index contributed by atoms with van der Waals surface area (Å²) in [5.41, 5.74) is 0.0853. The number of benzene rings is 1. The van der Waals surface area contributed by atoms with E-state index in [2.05, 4.69) is 20.5 Å². The molecular weight excluding hydrogens is 250 g/mol. The quantitative estimate of drug-likeness (QED) is 0.789. The van der Waals surface area contributed by atoms with Crippen molar-refractivity contribution < 1.29 is 8.78 Å². The summed E-state index contributed by atoms with van der Waals surface area (Å²) in [5.74, 6) is -0.225. The Morgan fingerprint density at radius 1 is 1.32 bits per heavy atom. The summed E-state index contributed by atoms with van der Waals surface area (Å²) < 4.78 is 27.1. The molecule has 0 bridgehead atoms. The third kappa shape index (κ3) is 3.57. The molecule has 0 aliphatic heterocycles. The lowest BCUT2D eigenvalue weighted by Crippen LogP contribution is -2.22. The van der Waals surface area contributed by atoms with Gasteiger partial charge in [0.2, 0.25) is 0 Å². The van der Waals surface area contributed by atoms with Crippen molar-refractivity contribution in [3.05, 3.63) is 47.5 Å². The van der Waals surface area contributed by atoms with Crippen molar-refractivity contribution in [3.8, 4) is 0 Å². The molecule has 0 radical (unpaired) electrons. The number of aromatic amines is 1. The van der Waals surface area contributed by atoms with Gasteiger partial charge < -0.3 is 5.32 Å². The first-order chi connectivity index (χ1) is 9.18. The second-order valence-corrected chi connectivity index (χ2v) is 4.35. The monoisotopic (exact) mass is 266 g/mol.